The lowest BCUT2D eigenvalue weighted by atomic mass is 10.1. The lowest BCUT2D eigenvalue weighted by Crippen LogP contribution is -2.16. The van der Waals surface area contributed by atoms with Gasteiger partial charge in [-0.3, -0.25) is 9.36 Å². The minimum atomic E-state index is -1.26. The average molecular weight is 466 g/mol. The van der Waals surface area contributed by atoms with Crippen LogP contribution in [0.3, 0.4) is 0 Å². The van der Waals surface area contributed by atoms with E-state index in [0.29, 0.717) is 28.9 Å². The number of nitrogens with one attached hydrogen (secondary N) is 1. The first-order chi connectivity index (χ1) is 14.9. The highest BCUT2D eigenvalue weighted by Crippen LogP contribution is 2.32. The molecule has 0 aliphatic heterocycles. The van der Waals surface area contributed by atoms with Crippen molar-refractivity contribution in [2.75, 3.05) is 7.11 Å². The van der Waals surface area contributed by atoms with Gasteiger partial charge in [-0.25, -0.2) is 9.97 Å². The van der Waals surface area contributed by atoms with Gasteiger partial charge in [0, 0.05) is 42.3 Å². The van der Waals surface area contributed by atoms with E-state index in [1.807, 2.05) is 62.0 Å². The number of carbonyl (C=O) groups is 1. The summed E-state index contributed by atoms with van der Waals surface area (Å²) in [6.45, 7) is 6.93. The minimum Gasteiger partial charge on any atom is -0.460 e. The Balaban J connectivity index is 0.00000166. The van der Waals surface area contributed by atoms with Crippen molar-refractivity contribution < 1.29 is 24.2 Å². The predicted molar refractivity (Wildman–Crippen MR) is 120 cm³/mol. The summed E-state index contributed by atoms with van der Waals surface area (Å²) < 4.78 is 18.3. The molecule has 3 N–H and O–H groups in total. The third-order valence-corrected chi connectivity index (χ3v) is 6.10. The summed E-state index contributed by atoms with van der Waals surface area (Å²) in [5, 5.41) is 8.28. The van der Waals surface area contributed by atoms with E-state index < -0.39 is 11.2 Å². The van der Waals surface area contributed by atoms with Crippen molar-refractivity contribution in [3.8, 4) is 0 Å². The highest BCUT2D eigenvalue weighted by atomic mass is 35.5. The number of hydrogen-bond donors (Lipinski definition) is 2. The van der Waals surface area contributed by atoms with E-state index in [0.717, 1.165) is 28.8 Å². The third-order valence-electron chi connectivity index (χ3n) is 4.40. The number of aromatic amines is 1. The molecule has 1 aromatic carbocycles. The maximum absolute atomic E-state index is 11.4. The largest absolute Gasteiger partial charge is 0.460 e. The Morgan fingerprint density at radius 3 is 2.52 bits per heavy atom. The second-order valence-electron chi connectivity index (χ2n) is 7.02. The van der Waals surface area contributed by atoms with Crippen LogP contribution < -0.4 is 4.98 Å². The number of nitrogens with zero attached hydrogens (tertiary/aromatic N) is 2. The van der Waals surface area contributed by atoms with Gasteiger partial charge < -0.3 is 9.84 Å². The van der Waals surface area contributed by atoms with E-state index >= 15 is 0 Å². The van der Waals surface area contributed by atoms with Gasteiger partial charge in [-0.05, 0) is 24.1 Å². The third kappa shape index (κ3) is 6.30. The lowest BCUT2D eigenvalue weighted by Gasteiger charge is -2.10. The van der Waals surface area contributed by atoms with Gasteiger partial charge >= 0.3 is 0 Å². The maximum atomic E-state index is 11.4. The number of benzene rings is 1. The summed E-state index contributed by atoms with van der Waals surface area (Å²) in [7, 11) is 1.00. The minimum absolute atomic E-state index is 0.0357. The topological polar surface area (TPSA) is 98.7 Å². The highest BCUT2D eigenvalue weighted by Gasteiger charge is 2.36. The van der Waals surface area contributed by atoms with Crippen LogP contribution in [-0.2, 0) is 33.9 Å². The quantitative estimate of drug-likeness (QED) is 0.391. The van der Waals surface area contributed by atoms with Gasteiger partial charge in [0.1, 0.15) is 12.3 Å². The van der Waals surface area contributed by atoms with E-state index in [1.54, 1.807) is 6.07 Å². The number of aryl methyl sites for hydroxylation is 1. The van der Waals surface area contributed by atoms with Gasteiger partial charge in [-0.1, -0.05) is 25.4 Å². The standard InChI is InChI=1S/C21H23ClN3O3S.CH4O/c1-14(2)20-21(29(27)18-9-15(3)8-17(22)10-18)25(19(24-20)12-28-13-26)11-16-4-6-23-7-5-16;1-2/h4-10,13-14,27H,11-12H2,1-3H3;2H,1H3/q+1;/p+1. The number of H-pyrrole nitrogens is 1. The number of ether oxygens (including phenoxy) is 1. The molecule has 3 rings (SSSR count). The summed E-state index contributed by atoms with van der Waals surface area (Å²) in [4.78, 5) is 19.2. The van der Waals surface area contributed by atoms with E-state index in [-0.39, 0.29) is 12.5 Å². The first kappa shape index (κ1) is 24.9. The summed E-state index contributed by atoms with van der Waals surface area (Å²) >= 11 is 4.98. The van der Waals surface area contributed by atoms with Crippen LogP contribution in [0, 0.1) is 6.92 Å². The van der Waals surface area contributed by atoms with Crippen LogP contribution in [0.1, 0.15) is 42.4 Å². The summed E-state index contributed by atoms with van der Waals surface area (Å²) in [6, 6.07) is 9.48. The van der Waals surface area contributed by atoms with E-state index in [2.05, 4.69) is 4.98 Å². The van der Waals surface area contributed by atoms with Crippen molar-refractivity contribution in [1.82, 2.24) is 9.55 Å². The van der Waals surface area contributed by atoms with Gasteiger partial charge in [0.15, 0.2) is 23.1 Å². The molecule has 0 saturated carbocycles. The normalized spacial score (nSPS) is 11.6. The Morgan fingerprint density at radius 2 is 1.94 bits per heavy atom. The molecule has 1 unspecified atom stereocenters. The zero-order valence-corrected chi connectivity index (χ0v) is 19.6. The van der Waals surface area contributed by atoms with Crippen LogP contribution >= 0.6 is 11.6 Å². The van der Waals surface area contributed by atoms with Gasteiger partial charge in [-0.15, -0.1) is 0 Å². The molecule has 0 aliphatic carbocycles. The summed E-state index contributed by atoms with van der Waals surface area (Å²) in [6.07, 6.45) is 3.69. The van der Waals surface area contributed by atoms with E-state index in [9.17, 15) is 9.35 Å². The predicted octanol–water partition coefficient (Wildman–Crippen LogP) is 3.62. The van der Waals surface area contributed by atoms with Crippen LogP contribution in [-0.4, -0.2) is 32.8 Å². The fraction of sp³-hybridized carbons (Fsp3) is 0.318. The van der Waals surface area contributed by atoms with Gasteiger partial charge in [0.05, 0.1) is 6.54 Å². The summed E-state index contributed by atoms with van der Waals surface area (Å²) in [5.74, 6) is 0.668. The van der Waals surface area contributed by atoms with Gasteiger partial charge in [0.25, 0.3) is 11.5 Å². The fourth-order valence-corrected chi connectivity index (χ4v) is 5.07. The zero-order valence-electron chi connectivity index (χ0n) is 18.0. The monoisotopic (exact) mass is 465 g/mol. The zero-order chi connectivity index (χ0) is 23.0. The Hall–Kier alpha value is -2.39. The van der Waals surface area contributed by atoms with Crippen molar-refractivity contribution in [3.05, 3.63) is 70.4 Å². The smallest absolute Gasteiger partial charge is 0.293 e. The molecule has 0 bridgehead atoms. The highest BCUT2D eigenvalue weighted by molar-refractivity contribution is 7.91. The molecule has 0 spiro atoms. The first-order valence-electron chi connectivity index (χ1n) is 9.65. The van der Waals surface area contributed by atoms with E-state index in [1.165, 1.54) is 0 Å². The van der Waals surface area contributed by atoms with Gasteiger partial charge in [-0.2, -0.15) is 4.55 Å². The van der Waals surface area contributed by atoms with Crippen molar-refractivity contribution >= 4 is 29.2 Å². The molecule has 0 radical (unpaired) electrons. The van der Waals surface area contributed by atoms with Crippen molar-refractivity contribution in [3.63, 3.8) is 0 Å². The van der Waals surface area contributed by atoms with Crippen LogP contribution in [0.2, 0.25) is 5.02 Å². The molecular formula is C22H28ClN3O4S+2. The number of hydrogen-bond acceptors (Lipinski definition) is 5. The molecule has 0 fully saturated rings. The second kappa shape index (κ2) is 11.9. The molecule has 0 amide bonds. The fourth-order valence-electron chi connectivity index (χ4n) is 3.10. The number of aromatic nitrogens is 3. The summed E-state index contributed by atoms with van der Waals surface area (Å²) in [5.41, 5.74) is 2.78. The van der Waals surface area contributed by atoms with Crippen molar-refractivity contribution in [2.24, 2.45) is 0 Å². The van der Waals surface area contributed by atoms with Crippen molar-refractivity contribution in [2.45, 2.75) is 49.8 Å². The Morgan fingerprint density at radius 1 is 1.26 bits per heavy atom. The molecular weight excluding hydrogens is 438 g/mol. The molecule has 2 heterocycles. The Labute approximate surface area is 190 Å². The van der Waals surface area contributed by atoms with Crippen LogP contribution in [0.15, 0.2) is 52.6 Å². The second-order valence-corrected chi connectivity index (χ2v) is 8.89. The Bertz CT molecular complexity index is 976. The van der Waals surface area contributed by atoms with Crippen LogP contribution in [0.25, 0.3) is 0 Å². The van der Waals surface area contributed by atoms with Crippen molar-refractivity contribution in [1.29, 1.82) is 0 Å². The number of carbonyl (C=O) groups excluding carboxylic acids is 1. The van der Waals surface area contributed by atoms with Crippen LogP contribution in [0.4, 0.5) is 0 Å². The number of aliphatic hydroxyl groups excluding tert-OH is 1. The first-order valence-corrected chi connectivity index (χ1v) is 11.2. The number of halogens is 1. The molecule has 7 nitrogen and oxygen atoms in total. The molecule has 31 heavy (non-hydrogen) atoms. The SMILES string of the molecule is CO.Cc1cc(Cl)cc([S+](O)c2c(C(C)C)nc(COC=O)n2Cc2cc[nH+]cc2)c1. The van der Waals surface area contributed by atoms with Gasteiger partial charge in [0.2, 0.25) is 11.2 Å². The number of rotatable bonds is 8. The molecule has 9 heteroatoms. The lowest BCUT2D eigenvalue weighted by molar-refractivity contribution is -0.378. The number of aliphatic hydroxyl groups is 1. The maximum Gasteiger partial charge on any atom is 0.293 e. The number of pyridine rings is 1. The Kier molecular flexibility index (Phi) is 9.51. The molecule has 2 aromatic heterocycles. The molecule has 3 aromatic rings. The van der Waals surface area contributed by atoms with E-state index in [4.69, 9.17) is 26.4 Å². The molecule has 0 aliphatic rings. The molecule has 166 valence electrons. The number of imidazole rings is 1. The molecule has 1 atom stereocenters. The average Bonchev–Trinajstić information content (AvgIpc) is 3.11. The molecule has 0 saturated heterocycles. The van der Waals surface area contributed by atoms with Crippen LogP contribution in [0.5, 0.6) is 0 Å².